The van der Waals surface area contributed by atoms with E-state index in [1.165, 1.54) is 0 Å². The number of aromatic nitrogens is 2. The number of halogens is 2. The van der Waals surface area contributed by atoms with Crippen LogP contribution in [0.4, 0.5) is 5.95 Å². The maximum atomic E-state index is 12.6. The lowest BCUT2D eigenvalue weighted by Gasteiger charge is -2.35. The van der Waals surface area contributed by atoms with Crippen LogP contribution in [0, 0.1) is 0 Å². The van der Waals surface area contributed by atoms with Crippen molar-refractivity contribution < 1.29 is 4.79 Å². The topological polar surface area (TPSA) is 49.3 Å². The van der Waals surface area contributed by atoms with Crippen LogP contribution in [0.15, 0.2) is 42.7 Å². The number of carbonyl (C=O) groups is 1. The highest BCUT2D eigenvalue weighted by molar-refractivity contribution is 9.10. The van der Waals surface area contributed by atoms with Crippen molar-refractivity contribution in [2.45, 2.75) is 11.2 Å². The zero-order valence-electron chi connectivity index (χ0n) is 13.1. The summed E-state index contributed by atoms with van der Waals surface area (Å²) in [5.74, 6) is 0.819. The maximum absolute atomic E-state index is 12.6. The molecule has 5 nitrogen and oxygen atoms in total. The zero-order chi connectivity index (χ0) is 16.9. The highest BCUT2D eigenvalue weighted by Crippen LogP contribution is 2.21. The molecular weight excluding hydrogens is 392 g/mol. The summed E-state index contributed by atoms with van der Waals surface area (Å²) in [7, 11) is 0. The smallest absolute Gasteiger partial charge is 0.236 e. The largest absolute Gasteiger partial charge is 0.338 e. The van der Waals surface area contributed by atoms with Crippen LogP contribution < -0.4 is 4.90 Å². The average Bonchev–Trinajstić information content (AvgIpc) is 2.64. The minimum absolute atomic E-state index is 0.101. The third-order valence-corrected chi connectivity index (χ3v) is 5.14. The number of rotatable bonds is 4. The van der Waals surface area contributed by atoms with Gasteiger partial charge in [0.2, 0.25) is 11.9 Å². The summed E-state index contributed by atoms with van der Waals surface area (Å²) < 4.78 is 0. The average molecular weight is 410 g/mol. The molecule has 1 amide bonds. The molecule has 0 spiro atoms. The van der Waals surface area contributed by atoms with E-state index in [0.29, 0.717) is 24.5 Å². The van der Waals surface area contributed by atoms with Gasteiger partial charge < -0.3 is 9.80 Å². The summed E-state index contributed by atoms with van der Waals surface area (Å²) in [6.07, 6.45) is 4.05. The summed E-state index contributed by atoms with van der Waals surface area (Å²) in [6.45, 7) is 2.81. The van der Waals surface area contributed by atoms with Gasteiger partial charge in [-0.25, -0.2) is 9.97 Å². The number of anilines is 1. The van der Waals surface area contributed by atoms with E-state index in [0.717, 1.165) is 24.6 Å². The first kappa shape index (κ1) is 17.2. The molecule has 1 aliphatic heterocycles. The fourth-order valence-electron chi connectivity index (χ4n) is 2.72. The number of amides is 1. The predicted molar refractivity (Wildman–Crippen MR) is 98.7 cm³/mol. The van der Waals surface area contributed by atoms with Crippen molar-refractivity contribution in [3.8, 4) is 0 Å². The van der Waals surface area contributed by atoms with Crippen molar-refractivity contribution in [3.63, 3.8) is 0 Å². The third-order valence-electron chi connectivity index (χ3n) is 4.05. The number of benzene rings is 1. The number of piperazine rings is 1. The first-order chi connectivity index (χ1) is 11.6. The van der Waals surface area contributed by atoms with E-state index in [-0.39, 0.29) is 10.7 Å². The SMILES string of the molecule is O=C(C(Br)Cc1ccccc1Cl)N1CCN(c2ncccn2)CC1. The van der Waals surface area contributed by atoms with Crippen LogP contribution in [0.25, 0.3) is 0 Å². The number of hydrogen-bond donors (Lipinski definition) is 0. The van der Waals surface area contributed by atoms with Gasteiger partial charge in [-0.05, 0) is 24.1 Å². The summed E-state index contributed by atoms with van der Waals surface area (Å²) in [6, 6.07) is 9.42. The second-order valence-electron chi connectivity index (χ2n) is 5.62. The van der Waals surface area contributed by atoms with E-state index in [4.69, 9.17) is 11.6 Å². The van der Waals surface area contributed by atoms with Crippen molar-refractivity contribution >= 4 is 39.4 Å². The van der Waals surface area contributed by atoms with Gasteiger partial charge in [-0.3, -0.25) is 4.79 Å². The highest BCUT2D eigenvalue weighted by atomic mass is 79.9. The molecule has 24 heavy (non-hydrogen) atoms. The highest BCUT2D eigenvalue weighted by Gasteiger charge is 2.27. The first-order valence-electron chi connectivity index (χ1n) is 7.83. The lowest BCUT2D eigenvalue weighted by molar-refractivity contribution is -0.130. The molecular formula is C17H18BrClN4O. The van der Waals surface area contributed by atoms with Crippen molar-refractivity contribution in [1.82, 2.24) is 14.9 Å². The molecule has 1 fully saturated rings. The van der Waals surface area contributed by atoms with Gasteiger partial charge in [-0.2, -0.15) is 0 Å². The quantitative estimate of drug-likeness (QED) is 0.729. The Morgan fingerprint density at radius 3 is 2.46 bits per heavy atom. The van der Waals surface area contributed by atoms with Gasteiger partial charge in [0.1, 0.15) is 0 Å². The Labute approximate surface area is 154 Å². The first-order valence-corrected chi connectivity index (χ1v) is 9.13. The molecule has 0 aliphatic carbocycles. The standard InChI is InChI=1S/C17H18BrClN4O/c18-14(12-13-4-1-2-5-15(13)19)16(24)22-8-10-23(11-9-22)17-20-6-3-7-21-17/h1-7,14H,8-12H2. The molecule has 2 heterocycles. The molecule has 0 bridgehead atoms. The molecule has 2 aromatic rings. The second kappa shape index (κ2) is 7.94. The van der Waals surface area contributed by atoms with Crippen LogP contribution in [0.3, 0.4) is 0 Å². The molecule has 1 atom stereocenters. The van der Waals surface area contributed by atoms with Gasteiger partial charge in [-0.1, -0.05) is 45.7 Å². The van der Waals surface area contributed by atoms with Crippen LogP contribution >= 0.6 is 27.5 Å². The Hall–Kier alpha value is -1.66. The van der Waals surface area contributed by atoms with Crippen LogP contribution in [0.1, 0.15) is 5.56 Å². The summed E-state index contributed by atoms with van der Waals surface area (Å²) in [4.78, 5) is 24.9. The van der Waals surface area contributed by atoms with E-state index in [2.05, 4.69) is 30.8 Å². The summed E-state index contributed by atoms with van der Waals surface area (Å²) in [5, 5.41) is 0.695. The molecule has 1 unspecified atom stereocenters. The predicted octanol–water partition coefficient (Wildman–Crippen LogP) is 2.78. The van der Waals surface area contributed by atoms with Crippen molar-refractivity contribution in [2.24, 2.45) is 0 Å². The molecule has 3 rings (SSSR count). The lowest BCUT2D eigenvalue weighted by atomic mass is 10.1. The Kier molecular flexibility index (Phi) is 5.68. The van der Waals surface area contributed by atoms with Gasteiger partial charge in [-0.15, -0.1) is 0 Å². The van der Waals surface area contributed by atoms with E-state index in [1.807, 2.05) is 29.2 Å². The number of carbonyl (C=O) groups excluding carboxylic acids is 1. The second-order valence-corrected chi connectivity index (χ2v) is 7.14. The van der Waals surface area contributed by atoms with E-state index >= 15 is 0 Å². The molecule has 0 N–H and O–H groups in total. The Bertz CT molecular complexity index is 692. The molecule has 1 aliphatic rings. The normalized spacial score (nSPS) is 16.1. The molecule has 1 aromatic carbocycles. The third kappa shape index (κ3) is 4.05. The van der Waals surface area contributed by atoms with Gasteiger partial charge >= 0.3 is 0 Å². The maximum Gasteiger partial charge on any atom is 0.236 e. The Balaban J connectivity index is 1.56. The summed E-state index contributed by atoms with van der Waals surface area (Å²) in [5.41, 5.74) is 0.978. The van der Waals surface area contributed by atoms with Gasteiger partial charge in [0.25, 0.3) is 0 Å². The molecule has 1 saturated heterocycles. The lowest BCUT2D eigenvalue weighted by Crippen LogP contribution is -2.51. The Morgan fingerprint density at radius 2 is 1.79 bits per heavy atom. The fourth-order valence-corrected chi connectivity index (χ4v) is 3.58. The van der Waals surface area contributed by atoms with Gasteiger partial charge in [0.15, 0.2) is 0 Å². The number of hydrogen-bond acceptors (Lipinski definition) is 4. The molecule has 0 saturated carbocycles. The van der Waals surface area contributed by atoms with Crippen molar-refractivity contribution in [2.75, 3.05) is 31.1 Å². The fraction of sp³-hybridized carbons (Fsp3) is 0.353. The van der Waals surface area contributed by atoms with Crippen molar-refractivity contribution in [1.29, 1.82) is 0 Å². The van der Waals surface area contributed by atoms with Gasteiger partial charge in [0.05, 0.1) is 4.83 Å². The minimum atomic E-state index is -0.267. The van der Waals surface area contributed by atoms with Crippen LogP contribution in [-0.2, 0) is 11.2 Å². The summed E-state index contributed by atoms with van der Waals surface area (Å²) >= 11 is 9.70. The van der Waals surface area contributed by atoms with Crippen LogP contribution in [0.5, 0.6) is 0 Å². The van der Waals surface area contributed by atoms with Gasteiger partial charge in [0, 0.05) is 43.6 Å². The molecule has 126 valence electrons. The Morgan fingerprint density at radius 1 is 1.12 bits per heavy atom. The van der Waals surface area contributed by atoms with Crippen LogP contribution in [0.2, 0.25) is 5.02 Å². The monoisotopic (exact) mass is 408 g/mol. The number of nitrogens with zero attached hydrogens (tertiary/aromatic N) is 4. The van der Waals surface area contributed by atoms with Crippen molar-refractivity contribution in [3.05, 3.63) is 53.3 Å². The van der Waals surface area contributed by atoms with E-state index in [1.54, 1.807) is 18.5 Å². The zero-order valence-corrected chi connectivity index (χ0v) is 15.4. The minimum Gasteiger partial charge on any atom is -0.338 e. The van der Waals surface area contributed by atoms with E-state index in [9.17, 15) is 4.79 Å². The molecule has 0 radical (unpaired) electrons. The van der Waals surface area contributed by atoms with E-state index < -0.39 is 0 Å². The molecule has 1 aromatic heterocycles. The molecule has 7 heteroatoms. The van der Waals surface area contributed by atoms with Crippen LogP contribution in [-0.4, -0.2) is 51.8 Å². The number of alkyl halides is 1.